The number of rotatable bonds is 2. The molecule has 0 radical (unpaired) electrons. The second-order valence-electron chi connectivity index (χ2n) is 3.28. The van der Waals surface area contributed by atoms with Crippen molar-refractivity contribution in [1.29, 1.82) is 0 Å². The van der Waals surface area contributed by atoms with Crippen LogP contribution in [0.4, 0.5) is 11.5 Å². The van der Waals surface area contributed by atoms with Gasteiger partial charge in [-0.3, -0.25) is 0 Å². The molecule has 0 bridgehead atoms. The maximum Gasteiger partial charge on any atom is 0.224 e. The van der Waals surface area contributed by atoms with Gasteiger partial charge in [-0.2, -0.15) is 4.98 Å². The van der Waals surface area contributed by atoms with E-state index < -0.39 is 0 Å². The molecule has 3 nitrogen and oxygen atoms in total. The summed E-state index contributed by atoms with van der Waals surface area (Å²) in [6, 6.07) is 7.85. The van der Waals surface area contributed by atoms with Gasteiger partial charge in [0.15, 0.2) is 5.82 Å². The number of benzene rings is 1. The van der Waals surface area contributed by atoms with Crippen LogP contribution in [0.25, 0.3) is 0 Å². The summed E-state index contributed by atoms with van der Waals surface area (Å²) in [5, 5.41) is 3.72. The van der Waals surface area contributed by atoms with Gasteiger partial charge in [-0.25, -0.2) is 4.98 Å². The van der Waals surface area contributed by atoms with Crippen molar-refractivity contribution in [2.45, 2.75) is 6.92 Å². The van der Waals surface area contributed by atoms with Crippen molar-refractivity contribution in [3.05, 3.63) is 46.3 Å². The van der Waals surface area contributed by atoms with Gasteiger partial charge in [0.25, 0.3) is 0 Å². The Bertz CT molecular complexity index is 514. The van der Waals surface area contributed by atoms with Gasteiger partial charge in [0, 0.05) is 5.69 Å². The first-order valence-electron chi connectivity index (χ1n) is 4.67. The summed E-state index contributed by atoms with van der Waals surface area (Å²) in [4.78, 5) is 7.81. The molecular formula is C11H9Cl2N3. The lowest BCUT2D eigenvalue weighted by atomic mass is 10.2. The lowest BCUT2D eigenvalue weighted by Crippen LogP contribution is -1.97. The Hall–Kier alpha value is -1.32. The summed E-state index contributed by atoms with van der Waals surface area (Å²) in [5.74, 6) is 0.510. The second kappa shape index (κ2) is 4.68. The highest BCUT2D eigenvalue weighted by Crippen LogP contribution is 2.25. The van der Waals surface area contributed by atoms with Crippen LogP contribution >= 0.6 is 23.2 Å². The van der Waals surface area contributed by atoms with E-state index in [2.05, 4.69) is 15.3 Å². The van der Waals surface area contributed by atoms with E-state index in [1.807, 2.05) is 31.2 Å². The van der Waals surface area contributed by atoms with Gasteiger partial charge in [-0.1, -0.05) is 29.8 Å². The molecular weight excluding hydrogens is 245 g/mol. The zero-order valence-electron chi connectivity index (χ0n) is 8.54. The summed E-state index contributed by atoms with van der Waals surface area (Å²) >= 11 is 11.7. The first-order chi connectivity index (χ1) is 7.66. The van der Waals surface area contributed by atoms with Crippen molar-refractivity contribution in [1.82, 2.24) is 9.97 Å². The third kappa shape index (κ3) is 2.43. The fourth-order valence-electron chi connectivity index (χ4n) is 1.27. The fourth-order valence-corrected chi connectivity index (χ4v) is 1.55. The largest absolute Gasteiger partial charge is 0.339 e. The average Bonchev–Trinajstić information content (AvgIpc) is 2.27. The standard InChI is InChI=1S/C11H9Cl2N3/c1-7-4-2-3-5-9(7)15-10-8(12)6-14-11(13)16-10/h2-6H,1H3,(H,14,15,16). The van der Waals surface area contributed by atoms with Crippen molar-refractivity contribution in [3.63, 3.8) is 0 Å². The molecule has 1 aromatic heterocycles. The molecule has 0 aliphatic carbocycles. The Morgan fingerprint density at radius 2 is 1.94 bits per heavy atom. The molecule has 1 aromatic carbocycles. The molecule has 0 unspecified atom stereocenters. The molecule has 1 N–H and O–H groups in total. The fraction of sp³-hybridized carbons (Fsp3) is 0.0909. The minimum atomic E-state index is 0.167. The first kappa shape index (κ1) is 11.2. The molecule has 0 aliphatic rings. The average molecular weight is 254 g/mol. The van der Waals surface area contributed by atoms with Crippen LogP contribution in [-0.4, -0.2) is 9.97 Å². The molecule has 1 heterocycles. The zero-order chi connectivity index (χ0) is 11.5. The van der Waals surface area contributed by atoms with Crippen LogP contribution in [0, 0.1) is 6.92 Å². The summed E-state index contributed by atoms with van der Waals surface area (Å²) < 4.78 is 0. The molecule has 0 spiro atoms. The second-order valence-corrected chi connectivity index (χ2v) is 4.02. The molecule has 2 rings (SSSR count). The minimum absolute atomic E-state index is 0.167. The topological polar surface area (TPSA) is 37.8 Å². The van der Waals surface area contributed by atoms with E-state index in [0.717, 1.165) is 11.3 Å². The first-order valence-corrected chi connectivity index (χ1v) is 5.43. The smallest absolute Gasteiger partial charge is 0.224 e. The zero-order valence-corrected chi connectivity index (χ0v) is 10.0. The van der Waals surface area contributed by atoms with Crippen LogP contribution < -0.4 is 5.32 Å². The molecule has 0 saturated heterocycles. The van der Waals surface area contributed by atoms with Gasteiger partial charge in [-0.05, 0) is 30.2 Å². The van der Waals surface area contributed by atoms with E-state index in [1.54, 1.807) is 0 Å². The van der Waals surface area contributed by atoms with Gasteiger partial charge in [0.05, 0.1) is 6.20 Å². The number of para-hydroxylation sites is 1. The Balaban J connectivity index is 2.34. The SMILES string of the molecule is Cc1ccccc1Nc1nc(Cl)ncc1Cl. The Morgan fingerprint density at radius 1 is 1.19 bits per heavy atom. The van der Waals surface area contributed by atoms with Crippen molar-refractivity contribution in [2.75, 3.05) is 5.32 Å². The number of anilines is 2. The molecule has 2 aromatic rings. The molecule has 82 valence electrons. The highest BCUT2D eigenvalue weighted by Gasteiger charge is 2.05. The molecule has 5 heteroatoms. The molecule has 16 heavy (non-hydrogen) atoms. The molecule has 0 aliphatic heterocycles. The minimum Gasteiger partial charge on any atom is -0.339 e. The van der Waals surface area contributed by atoms with E-state index in [9.17, 15) is 0 Å². The van der Waals surface area contributed by atoms with Crippen LogP contribution in [0.5, 0.6) is 0 Å². The predicted octanol–water partition coefficient (Wildman–Crippen LogP) is 3.84. The normalized spacial score (nSPS) is 10.2. The van der Waals surface area contributed by atoms with Gasteiger partial charge < -0.3 is 5.32 Å². The van der Waals surface area contributed by atoms with Gasteiger partial charge in [-0.15, -0.1) is 0 Å². The van der Waals surface area contributed by atoms with Gasteiger partial charge >= 0.3 is 0 Å². The molecule has 0 atom stereocenters. The van der Waals surface area contributed by atoms with E-state index in [0.29, 0.717) is 10.8 Å². The van der Waals surface area contributed by atoms with Crippen LogP contribution in [0.2, 0.25) is 10.3 Å². The summed E-state index contributed by atoms with van der Waals surface area (Å²) in [5.41, 5.74) is 2.05. The highest BCUT2D eigenvalue weighted by molar-refractivity contribution is 6.33. The number of hydrogen-bond donors (Lipinski definition) is 1. The van der Waals surface area contributed by atoms with Crippen LogP contribution in [0.1, 0.15) is 5.56 Å². The third-order valence-corrected chi connectivity index (χ3v) is 2.57. The van der Waals surface area contributed by atoms with Crippen molar-refractivity contribution in [3.8, 4) is 0 Å². The monoisotopic (exact) mass is 253 g/mol. The molecule has 0 saturated carbocycles. The van der Waals surface area contributed by atoms with E-state index in [-0.39, 0.29) is 5.28 Å². The summed E-state index contributed by atoms with van der Waals surface area (Å²) in [6.07, 6.45) is 1.47. The Labute approximate surface area is 103 Å². The van der Waals surface area contributed by atoms with Gasteiger partial charge in [0.1, 0.15) is 5.02 Å². The van der Waals surface area contributed by atoms with Crippen molar-refractivity contribution >= 4 is 34.7 Å². The molecule has 0 amide bonds. The summed E-state index contributed by atoms with van der Waals surface area (Å²) in [6.45, 7) is 2.00. The maximum absolute atomic E-state index is 5.95. The summed E-state index contributed by atoms with van der Waals surface area (Å²) in [7, 11) is 0. The third-order valence-electron chi connectivity index (χ3n) is 2.11. The van der Waals surface area contributed by atoms with Crippen LogP contribution in [0.15, 0.2) is 30.5 Å². The lowest BCUT2D eigenvalue weighted by molar-refractivity contribution is 1.17. The van der Waals surface area contributed by atoms with Crippen molar-refractivity contribution < 1.29 is 0 Å². The Kier molecular flexibility index (Phi) is 3.27. The number of nitrogens with zero attached hydrogens (tertiary/aromatic N) is 2. The number of aromatic nitrogens is 2. The maximum atomic E-state index is 5.95. The van der Waals surface area contributed by atoms with E-state index >= 15 is 0 Å². The van der Waals surface area contributed by atoms with E-state index in [4.69, 9.17) is 23.2 Å². The van der Waals surface area contributed by atoms with Crippen LogP contribution in [-0.2, 0) is 0 Å². The number of hydrogen-bond acceptors (Lipinski definition) is 3. The Morgan fingerprint density at radius 3 is 2.69 bits per heavy atom. The molecule has 0 fully saturated rings. The predicted molar refractivity (Wildman–Crippen MR) is 66.5 cm³/mol. The number of halogens is 2. The van der Waals surface area contributed by atoms with E-state index in [1.165, 1.54) is 6.20 Å². The quantitative estimate of drug-likeness (QED) is 0.827. The van der Waals surface area contributed by atoms with Crippen LogP contribution in [0.3, 0.4) is 0 Å². The van der Waals surface area contributed by atoms with Gasteiger partial charge in [0.2, 0.25) is 5.28 Å². The number of aryl methyl sites for hydroxylation is 1. The van der Waals surface area contributed by atoms with Crippen molar-refractivity contribution in [2.24, 2.45) is 0 Å². The lowest BCUT2D eigenvalue weighted by Gasteiger charge is -2.09. The number of nitrogens with one attached hydrogen (secondary N) is 1. The highest BCUT2D eigenvalue weighted by atomic mass is 35.5.